The number of phosphoric acid groups is 3. The number of fused-ring (bicyclic) bond motifs is 1. The summed E-state index contributed by atoms with van der Waals surface area (Å²) in [5.41, 5.74) is 4.32. The first kappa shape index (κ1) is 52.6. The number of ether oxygens (including phenoxy) is 1. The number of aliphatic hydroxyl groups is 4. The lowest BCUT2D eigenvalue weighted by Crippen LogP contribution is -2.46. The summed E-state index contributed by atoms with van der Waals surface area (Å²) in [6.07, 6.45) is -5.09. The van der Waals surface area contributed by atoms with Crippen molar-refractivity contribution in [3.63, 3.8) is 0 Å². The molecule has 0 spiro atoms. The molecule has 2 aromatic heterocycles. The van der Waals surface area contributed by atoms with Crippen molar-refractivity contribution in [3.8, 4) is 0 Å². The summed E-state index contributed by atoms with van der Waals surface area (Å²) >= 11 is 1.73. The summed E-state index contributed by atoms with van der Waals surface area (Å²) in [7, 11) is -16.3. The molecule has 3 unspecified atom stereocenters. The number of imidazole rings is 1. The minimum atomic E-state index is -5.54. The Morgan fingerprint density at radius 3 is 2.25 bits per heavy atom. The van der Waals surface area contributed by atoms with Gasteiger partial charge in [-0.25, -0.2) is 28.6 Å². The molecular formula is C29H52N7O19P3S. The Kier molecular flexibility index (Phi) is 21.1. The van der Waals surface area contributed by atoms with E-state index in [4.69, 9.17) is 29.7 Å². The maximum atomic E-state index is 12.7. The summed E-state index contributed by atoms with van der Waals surface area (Å²) in [4.78, 5) is 85.1. The summed E-state index contributed by atoms with van der Waals surface area (Å²) in [6, 6.07) is 0. The summed E-state index contributed by atoms with van der Waals surface area (Å²) in [5, 5.41) is 42.2. The van der Waals surface area contributed by atoms with Gasteiger partial charge in [0.15, 0.2) is 23.5 Å². The number of carbonyl (C=O) groups is 3. The van der Waals surface area contributed by atoms with E-state index >= 15 is 0 Å². The van der Waals surface area contributed by atoms with Gasteiger partial charge < -0.3 is 61.1 Å². The second-order valence-electron chi connectivity index (χ2n) is 13.4. The zero-order chi connectivity index (χ0) is 44.8. The van der Waals surface area contributed by atoms with Crippen LogP contribution in [0.1, 0.15) is 59.6 Å². The number of aromatic nitrogens is 4. The molecule has 3 heterocycles. The minimum Gasteiger partial charge on any atom is -0.386 e. The lowest BCUT2D eigenvalue weighted by Gasteiger charge is -2.30. The molecule has 0 bridgehead atoms. The number of amides is 2. The van der Waals surface area contributed by atoms with Crippen molar-refractivity contribution in [2.24, 2.45) is 5.41 Å². The summed E-state index contributed by atoms with van der Waals surface area (Å²) in [6.45, 7) is 4.16. The number of anilines is 1. The topological polar surface area (TPSA) is 404 Å². The fraction of sp³-hybridized carbons (Fsp3) is 0.724. The lowest BCUT2D eigenvalue weighted by atomic mass is 9.87. The number of nitrogens with zero attached hydrogens (tertiary/aromatic N) is 4. The van der Waals surface area contributed by atoms with Gasteiger partial charge in [0, 0.05) is 30.7 Å². The van der Waals surface area contributed by atoms with E-state index in [0.717, 1.165) is 54.9 Å². The average Bonchev–Trinajstić information content (AvgIpc) is 3.69. The third-order valence-electron chi connectivity index (χ3n) is 7.90. The van der Waals surface area contributed by atoms with Gasteiger partial charge >= 0.3 is 23.5 Å². The van der Waals surface area contributed by atoms with Gasteiger partial charge in [-0.3, -0.25) is 32.5 Å². The fourth-order valence-electron chi connectivity index (χ4n) is 4.76. The van der Waals surface area contributed by atoms with E-state index in [0.29, 0.717) is 6.54 Å². The van der Waals surface area contributed by atoms with Gasteiger partial charge in [-0.2, -0.15) is 16.1 Å². The van der Waals surface area contributed by atoms with Crippen molar-refractivity contribution >= 4 is 69.8 Å². The van der Waals surface area contributed by atoms with Crippen LogP contribution in [0.2, 0.25) is 0 Å². The smallest absolute Gasteiger partial charge is 0.386 e. The van der Waals surface area contributed by atoms with Crippen LogP contribution in [0.4, 0.5) is 5.82 Å². The largest absolute Gasteiger partial charge is 0.481 e. The van der Waals surface area contributed by atoms with E-state index in [1.165, 1.54) is 13.8 Å². The van der Waals surface area contributed by atoms with Crippen LogP contribution in [-0.4, -0.2) is 146 Å². The van der Waals surface area contributed by atoms with E-state index in [-0.39, 0.29) is 35.9 Å². The number of phosphoric ester groups is 3. The van der Waals surface area contributed by atoms with Crippen molar-refractivity contribution in [2.75, 3.05) is 43.5 Å². The molecule has 0 radical (unpaired) electrons. The van der Waals surface area contributed by atoms with E-state index in [1.54, 1.807) is 11.8 Å². The molecule has 7 atom stereocenters. The lowest BCUT2D eigenvalue weighted by molar-refractivity contribution is -0.142. The predicted molar refractivity (Wildman–Crippen MR) is 205 cm³/mol. The van der Waals surface area contributed by atoms with E-state index in [1.807, 2.05) is 0 Å². The van der Waals surface area contributed by atoms with Crippen molar-refractivity contribution < 1.29 is 90.7 Å². The molecule has 3 rings (SSSR count). The molecule has 0 aliphatic carbocycles. The maximum Gasteiger partial charge on any atom is 0.481 e. The first-order chi connectivity index (χ1) is 27.3. The molecule has 1 saturated heterocycles. The molecule has 59 heavy (non-hydrogen) atoms. The van der Waals surface area contributed by atoms with Crippen molar-refractivity contribution in [1.82, 2.24) is 30.2 Å². The Morgan fingerprint density at radius 2 is 1.64 bits per heavy atom. The highest BCUT2D eigenvalue weighted by Gasteiger charge is 2.50. The number of nitrogens with one attached hydrogen (secondary N) is 2. The number of carbonyl (C=O) groups excluding carboxylic acids is 3. The Bertz CT molecular complexity index is 1840. The number of hydrogen-bond donors (Lipinski definition) is 11. The molecule has 2 amide bonds. The fourth-order valence-corrected chi connectivity index (χ4v) is 8.45. The molecular weight excluding hydrogens is 875 g/mol. The normalized spacial score (nSPS) is 21.0. The van der Waals surface area contributed by atoms with Crippen molar-refractivity contribution in [3.05, 3.63) is 12.7 Å². The first-order valence-electron chi connectivity index (χ1n) is 17.6. The Morgan fingerprint density at radius 1 is 1.00 bits per heavy atom. The number of thioether (sulfide) groups is 1. The van der Waals surface area contributed by atoms with E-state index in [9.17, 15) is 57.9 Å². The third-order valence-corrected chi connectivity index (χ3v) is 12.1. The Labute approximate surface area is 342 Å². The summed E-state index contributed by atoms with van der Waals surface area (Å²) in [5.74, 6) is -0.143. The van der Waals surface area contributed by atoms with Crippen LogP contribution in [0.15, 0.2) is 12.7 Å². The number of aliphatic hydroxyl groups excluding tert-OH is 3. The minimum absolute atomic E-state index is 0.0335. The van der Waals surface area contributed by atoms with E-state index in [2.05, 4.69) is 41.3 Å². The number of nitrogen functional groups attached to an aromatic ring is 1. The van der Waals surface area contributed by atoms with Crippen molar-refractivity contribution in [1.29, 1.82) is 0 Å². The summed E-state index contributed by atoms with van der Waals surface area (Å²) < 4.78 is 62.1. The van der Waals surface area contributed by atoms with Gasteiger partial charge in [-0.05, 0) is 19.1 Å². The highest BCUT2D eigenvalue weighted by molar-refractivity contribution is 7.99. The zero-order valence-corrected chi connectivity index (χ0v) is 35.9. The monoisotopic (exact) mass is 927 g/mol. The highest BCUT2D eigenvalue weighted by atomic mass is 32.2. The van der Waals surface area contributed by atoms with Gasteiger partial charge in [0.25, 0.3) is 0 Å². The van der Waals surface area contributed by atoms with Gasteiger partial charge in [0.2, 0.25) is 18.1 Å². The van der Waals surface area contributed by atoms with Gasteiger partial charge in [-0.1, -0.05) is 33.6 Å². The van der Waals surface area contributed by atoms with Crippen LogP contribution >= 0.6 is 35.2 Å². The molecule has 338 valence electrons. The average molecular weight is 928 g/mol. The first-order valence-corrected chi connectivity index (χ1v) is 23.3. The van der Waals surface area contributed by atoms with Crippen LogP contribution in [0.3, 0.4) is 0 Å². The molecule has 0 aromatic carbocycles. The van der Waals surface area contributed by atoms with Crippen LogP contribution < -0.4 is 16.4 Å². The maximum absolute atomic E-state index is 12.7. The second-order valence-corrected chi connectivity index (χ2v) is 18.8. The van der Waals surface area contributed by atoms with Crippen LogP contribution in [0.5, 0.6) is 0 Å². The Balaban J connectivity index is 0.00000185. The number of ketones is 1. The quantitative estimate of drug-likeness (QED) is 0.0349. The second kappa shape index (κ2) is 23.6. The van der Waals surface area contributed by atoms with Gasteiger partial charge in [0.1, 0.15) is 36.3 Å². The van der Waals surface area contributed by atoms with Crippen LogP contribution in [0.25, 0.3) is 11.2 Å². The van der Waals surface area contributed by atoms with Crippen LogP contribution in [-0.2, 0) is 50.7 Å². The van der Waals surface area contributed by atoms with Crippen molar-refractivity contribution in [2.45, 2.75) is 90.3 Å². The number of nitrogens with two attached hydrogens (primary N) is 1. The SMILES string of the molecule is CC(=O)C(O)O.CCCCCSCCNC(=O)CCNC(=O)C(O)C(C)(C)COP(=O)(O)OP(=O)(O)OC[C@H]1O[C@@H](n2cnc3c(N)ncnc32)[C@H](O)[C@@H]1OP(=O)(O)O. The molecule has 30 heteroatoms. The Hall–Kier alpha value is -2.52. The van der Waals surface area contributed by atoms with Gasteiger partial charge in [0.05, 0.1) is 19.5 Å². The molecule has 2 aromatic rings. The van der Waals surface area contributed by atoms with Gasteiger partial charge in [-0.15, -0.1) is 0 Å². The van der Waals surface area contributed by atoms with Crippen LogP contribution in [0, 0.1) is 5.41 Å². The third kappa shape index (κ3) is 18.2. The van der Waals surface area contributed by atoms with E-state index < -0.39 is 90.7 Å². The number of hydrogen-bond acceptors (Lipinski definition) is 20. The molecule has 12 N–H and O–H groups in total. The molecule has 1 aliphatic rings. The number of unbranched alkanes of at least 4 members (excludes halogenated alkanes) is 2. The zero-order valence-electron chi connectivity index (χ0n) is 32.4. The molecule has 26 nitrogen and oxygen atoms in total. The molecule has 1 fully saturated rings. The predicted octanol–water partition coefficient (Wildman–Crippen LogP) is -0.786. The molecule has 0 saturated carbocycles. The number of rotatable bonds is 24. The number of Topliss-reactive ketones (excluding diaryl/α,β-unsaturated/α-hetero) is 1. The highest BCUT2D eigenvalue weighted by Crippen LogP contribution is 2.61. The molecule has 1 aliphatic heterocycles. The standard InChI is InChI=1S/C26H46N7O16P3S.C3H6O3/c1-4-5-6-10-53-11-9-28-17(34)7-8-29-24(37)21(36)26(2,3)13-46-52(43,44)49-51(41,42)45-12-16-20(48-50(38,39)40)19(35)25(47-16)33-15-32-18-22(27)30-14-31-23(18)33;1-2(4)3(5)6/h14-16,19-21,25,35-36H,4-13H2,1-3H3,(H,28,34)(H,29,37)(H,41,42)(H,43,44)(H2,27,30,31)(H2,38,39,40);3,5-6H,1H3/t16-,19-,20-,21?,25-;/m1./s1.